The van der Waals surface area contributed by atoms with Crippen LogP contribution in [0.5, 0.6) is 5.75 Å². The van der Waals surface area contributed by atoms with Gasteiger partial charge in [0.2, 0.25) is 0 Å². The van der Waals surface area contributed by atoms with Crippen LogP contribution < -0.4 is 4.74 Å². The summed E-state index contributed by atoms with van der Waals surface area (Å²) in [5, 5.41) is 0. The van der Waals surface area contributed by atoms with E-state index in [0.717, 1.165) is 31.2 Å². The van der Waals surface area contributed by atoms with Gasteiger partial charge in [-0.15, -0.1) is 0 Å². The molecule has 1 aliphatic rings. The average Bonchev–Trinajstić information content (AvgIpc) is 2.89. The van der Waals surface area contributed by atoms with E-state index in [9.17, 15) is 0 Å². The van der Waals surface area contributed by atoms with Gasteiger partial charge in [0.05, 0.1) is 6.61 Å². The van der Waals surface area contributed by atoms with Crippen LogP contribution in [0.3, 0.4) is 0 Å². The van der Waals surface area contributed by atoms with E-state index in [1.54, 1.807) is 11.1 Å². The van der Waals surface area contributed by atoms with Crippen LogP contribution in [0.25, 0.3) is 0 Å². The lowest BCUT2D eigenvalue weighted by Crippen LogP contribution is -2.03. The van der Waals surface area contributed by atoms with Gasteiger partial charge in [-0.1, -0.05) is 25.1 Å². The zero-order valence-corrected chi connectivity index (χ0v) is 12.2. The van der Waals surface area contributed by atoms with Gasteiger partial charge in [0.25, 0.3) is 0 Å². The third-order valence-corrected chi connectivity index (χ3v) is 4.18. The summed E-state index contributed by atoms with van der Waals surface area (Å²) in [5.74, 6) is 1.70. The summed E-state index contributed by atoms with van der Waals surface area (Å²) in [7, 11) is 0. The Balaban J connectivity index is 1.49. The van der Waals surface area contributed by atoms with Gasteiger partial charge in [0.15, 0.2) is 0 Å². The van der Waals surface area contributed by atoms with Crippen LogP contribution in [-0.4, -0.2) is 11.2 Å². The normalized spacial score (nSPS) is 17.8. The monoisotopic (exact) mass is 269 g/mol. The van der Waals surface area contributed by atoms with Crippen LogP contribution in [0, 0.1) is 0 Å². The van der Waals surface area contributed by atoms with E-state index in [2.05, 4.69) is 23.9 Å². The first-order chi connectivity index (χ1) is 9.83. The number of benzene rings is 1. The van der Waals surface area contributed by atoms with Crippen molar-refractivity contribution in [1.29, 1.82) is 0 Å². The van der Waals surface area contributed by atoms with E-state index >= 15 is 0 Å². The van der Waals surface area contributed by atoms with Gasteiger partial charge >= 0.3 is 0 Å². The van der Waals surface area contributed by atoms with Crippen molar-refractivity contribution >= 4 is 0 Å². The Morgan fingerprint density at radius 3 is 2.85 bits per heavy atom. The highest BCUT2D eigenvalue weighted by molar-refractivity contribution is 5.30. The highest BCUT2D eigenvalue weighted by atomic mass is 16.5. The number of aromatic nitrogens is 1. The van der Waals surface area contributed by atoms with Gasteiger partial charge in [0, 0.05) is 18.9 Å². The van der Waals surface area contributed by atoms with Crippen LogP contribution in [0.4, 0.5) is 0 Å². The highest BCUT2D eigenvalue weighted by Crippen LogP contribution is 2.31. The number of ether oxygens (including phenoxy) is 1. The van der Waals surface area contributed by atoms with Crippen LogP contribution in [0.2, 0.25) is 0 Å². The zero-order valence-electron chi connectivity index (χ0n) is 12.2. The molecule has 0 aliphatic heterocycles. The quantitative estimate of drug-likeness (QED) is 0.734. The molecule has 2 aromatic rings. The molecule has 0 amide bonds. The minimum atomic E-state index is 0.737. The molecule has 1 atom stereocenters. The third kappa shape index (κ3) is 3.06. The fraction of sp³-hybridized carbons (Fsp3) is 0.444. The van der Waals surface area contributed by atoms with Gasteiger partial charge in [0.1, 0.15) is 5.75 Å². The molecule has 0 spiro atoms. The molecule has 0 N–H and O–H groups in total. The summed E-state index contributed by atoms with van der Waals surface area (Å²) >= 11 is 0. The number of nitrogens with zero attached hydrogens (tertiary/aromatic N) is 1. The van der Waals surface area contributed by atoms with Crippen molar-refractivity contribution in [3.63, 3.8) is 0 Å². The molecule has 2 nitrogen and oxygen atoms in total. The number of para-hydroxylation sites is 1. The van der Waals surface area contributed by atoms with Crippen LogP contribution in [-0.2, 0) is 13.0 Å². The molecule has 0 saturated carbocycles. The second kappa shape index (κ2) is 6.17. The number of fused-ring (bicyclic) bond motifs is 1. The third-order valence-electron chi connectivity index (χ3n) is 4.18. The van der Waals surface area contributed by atoms with Crippen molar-refractivity contribution < 1.29 is 4.74 Å². The first-order valence-corrected chi connectivity index (χ1v) is 7.69. The summed E-state index contributed by atoms with van der Waals surface area (Å²) < 4.78 is 8.09. The molecule has 1 heterocycles. The molecular weight excluding hydrogens is 246 g/mol. The Bertz CT molecular complexity index is 544. The maximum atomic E-state index is 5.74. The summed E-state index contributed by atoms with van der Waals surface area (Å²) in [4.78, 5) is 0. The lowest BCUT2D eigenvalue weighted by molar-refractivity contribution is 0.302. The Morgan fingerprint density at radius 1 is 1.20 bits per heavy atom. The predicted molar refractivity (Wildman–Crippen MR) is 82.3 cm³/mol. The van der Waals surface area contributed by atoms with E-state index < -0.39 is 0 Å². The van der Waals surface area contributed by atoms with Gasteiger partial charge in [-0.25, -0.2) is 0 Å². The van der Waals surface area contributed by atoms with Gasteiger partial charge < -0.3 is 9.30 Å². The van der Waals surface area contributed by atoms with Crippen molar-refractivity contribution in [2.75, 3.05) is 6.61 Å². The molecule has 20 heavy (non-hydrogen) atoms. The minimum Gasteiger partial charge on any atom is -0.494 e. The Labute approximate surface area is 121 Å². The number of hydrogen-bond acceptors (Lipinski definition) is 1. The molecule has 1 aromatic heterocycles. The summed E-state index contributed by atoms with van der Waals surface area (Å²) in [5.41, 5.74) is 3.13. The van der Waals surface area contributed by atoms with Gasteiger partial charge in [-0.05, 0) is 54.9 Å². The smallest absolute Gasteiger partial charge is 0.119 e. The molecule has 1 aromatic carbocycles. The number of rotatable bonds is 5. The molecule has 3 rings (SSSR count). The second-order valence-electron chi connectivity index (χ2n) is 5.78. The average molecular weight is 269 g/mol. The molecule has 0 fully saturated rings. The second-order valence-corrected chi connectivity index (χ2v) is 5.78. The molecule has 0 radical (unpaired) electrons. The SMILES string of the molecule is CC1CCCc2cn(CCCOc3ccccc3)cc21. The Hall–Kier alpha value is -1.70. The first-order valence-electron chi connectivity index (χ1n) is 7.69. The van der Waals surface area contributed by atoms with E-state index in [4.69, 9.17) is 4.74 Å². The van der Waals surface area contributed by atoms with E-state index in [0.29, 0.717) is 0 Å². The number of hydrogen-bond donors (Lipinski definition) is 0. The number of aryl methyl sites for hydroxylation is 2. The molecule has 0 bridgehead atoms. The van der Waals surface area contributed by atoms with Crippen LogP contribution >= 0.6 is 0 Å². The van der Waals surface area contributed by atoms with Crippen LogP contribution in [0.1, 0.15) is 43.2 Å². The molecule has 1 unspecified atom stereocenters. The van der Waals surface area contributed by atoms with Crippen LogP contribution in [0.15, 0.2) is 42.7 Å². The van der Waals surface area contributed by atoms with Crippen molar-refractivity contribution in [2.24, 2.45) is 0 Å². The highest BCUT2D eigenvalue weighted by Gasteiger charge is 2.17. The lowest BCUT2D eigenvalue weighted by atomic mass is 9.87. The maximum Gasteiger partial charge on any atom is 0.119 e. The van der Waals surface area contributed by atoms with Crippen molar-refractivity contribution in [1.82, 2.24) is 4.57 Å². The topological polar surface area (TPSA) is 14.2 Å². The first kappa shape index (κ1) is 13.3. The zero-order chi connectivity index (χ0) is 13.8. The molecule has 106 valence electrons. The summed E-state index contributed by atoms with van der Waals surface area (Å²) in [6.45, 7) is 4.18. The van der Waals surface area contributed by atoms with E-state index in [-0.39, 0.29) is 0 Å². The molecule has 0 saturated heterocycles. The minimum absolute atomic E-state index is 0.737. The summed E-state index contributed by atoms with van der Waals surface area (Å²) in [6.07, 6.45) is 9.68. The van der Waals surface area contributed by atoms with Crippen molar-refractivity contribution in [2.45, 2.75) is 45.1 Å². The molecular formula is C18H23NO. The van der Waals surface area contributed by atoms with E-state index in [1.807, 2.05) is 30.3 Å². The van der Waals surface area contributed by atoms with Crippen molar-refractivity contribution in [3.8, 4) is 5.75 Å². The maximum absolute atomic E-state index is 5.74. The lowest BCUT2D eigenvalue weighted by Gasteiger charge is -2.17. The van der Waals surface area contributed by atoms with E-state index in [1.165, 1.54) is 19.3 Å². The molecule has 2 heteroatoms. The molecule has 1 aliphatic carbocycles. The predicted octanol–water partition coefficient (Wildman–Crippen LogP) is 4.40. The van der Waals surface area contributed by atoms with Gasteiger partial charge in [-0.2, -0.15) is 0 Å². The van der Waals surface area contributed by atoms with Gasteiger partial charge in [-0.3, -0.25) is 0 Å². The summed E-state index contributed by atoms with van der Waals surface area (Å²) in [6, 6.07) is 10.1. The fourth-order valence-corrected chi connectivity index (χ4v) is 3.06. The Kier molecular flexibility index (Phi) is 4.10. The fourth-order valence-electron chi connectivity index (χ4n) is 3.06. The standard InChI is InChI=1S/C18H23NO/c1-15-7-5-8-16-13-19(14-18(15)16)11-6-12-20-17-9-3-2-4-10-17/h2-4,9-10,13-15H,5-8,11-12H2,1H3. The van der Waals surface area contributed by atoms with Crippen molar-refractivity contribution in [3.05, 3.63) is 53.9 Å². The largest absolute Gasteiger partial charge is 0.494 e. The Morgan fingerprint density at radius 2 is 2.05 bits per heavy atom.